The second-order valence-corrected chi connectivity index (χ2v) is 3.71. The molecule has 0 bridgehead atoms. The van der Waals surface area contributed by atoms with Crippen molar-refractivity contribution in [1.82, 2.24) is 9.78 Å². The monoisotopic (exact) mass is 221 g/mol. The third-order valence-electron chi connectivity index (χ3n) is 2.24. The smallest absolute Gasteiger partial charge is 0.146 e. The first-order valence-corrected chi connectivity index (χ1v) is 5.17. The molecule has 0 fully saturated rings. The number of nitrogen functional groups attached to an aromatic ring is 1. The first-order chi connectivity index (χ1) is 7.20. The minimum absolute atomic E-state index is 0.543. The average molecular weight is 222 g/mol. The maximum atomic E-state index is 5.83. The lowest BCUT2D eigenvalue weighted by Crippen LogP contribution is -1.99. The van der Waals surface area contributed by atoms with E-state index >= 15 is 0 Å². The molecule has 15 heavy (non-hydrogen) atoms. The van der Waals surface area contributed by atoms with Gasteiger partial charge in [-0.3, -0.25) is 4.68 Å². The Bertz CT molecular complexity index is 459. The zero-order chi connectivity index (χ0) is 10.8. The third-order valence-corrected chi connectivity index (χ3v) is 2.49. The van der Waals surface area contributed by atoms with Gasteiger partial charge in [0.15, 0.2) is 0 Å². The van der Waals surface area contributed by atoms with Gasteiger partial charge in [0.1, 0.15) is 5.82 Å². The number of halogens is 1. The summed E-state index contributed by atoms with van der Waals surface area (Å²) < 4.78 is 1.87. The molecule has 1 aromatic carbocycles. The molecule has 78 valence electrons. The van der Waals surface area contributed by atoms with Crippen molar-refractivity contribution in [3.63, 3.8) is 0 Å². The van der Waals surface area contributed by atoms with Crippen LogP contribution in [0.1, 0.15) is 6.92 Å². The molecule has 0 atom stereocenters. The number of rotatable bonds is 2. The molecule has 0 aliphatic rings. The molecule has 0 radical (unpaired) electrons. The lowest BCUT2D eigenvalue weighted by molar-refractivity contribution is 0.670. The number of anilines is 1. The van der Waals surface area contributed by atoms with Crippen molar-refractivity contribution in [2.45, 2.75) is 13.5 Å². The van der Waals surface area contributed by atoms with Gasteiger partial charge in [0.25, 0.3) is 0 Å². The van der Waals surface area contributed by atoms with E-state index < -0.39 is 0 Å². The highest BCUT2D eigenvalue weighted by Crippen LogP contribution is 2.23. The van der Waals surface area contributed by atoms with Crippen molar-refractivity contribution in [1.29, 1.82) is 0 Å². The van der Waals surface area contributed by atoms with Crippen LogP contribution in [0.3, 0.4) is 0 Å². The maximum Gasteiger partial charge on any atom is 0.146 e. The van der Waals surface area contributed by atoms with Gasteiger partial charge in [0.05, 0.1) is 5.69 Å². The van der Waals surface area contributed by atoms with Crippen molar-refractivity contribution < 1.29 is 0 Å². The lowest BCUT2D eigenvalue weighted by atomic mass is 10.1. The summed E-state index contributed by atoms with van der Waals surface area (Å²) in [7, 11) is 0. The van der Waals surface area contributed by atoms with Crippen LogP contribution in [0.15, 0.2) is 30.3 Å². The second kappa shape index (κ2) is 3.95. The molecule has 2 rings (SSSR count). The van der Waals surface area contributed by atoms with Gasteiger partial charge >= 0.3 is 0 Å². The lowest BCUT2D eigenvalue weighted by Gasteiger charge is -2.03. The summed E-state index contributed by atoms with van der Waals surface area (Å²) >= 11 is 5.83. The highest BCUT2D eigenvalue weighted by molar-refractivity contribution is 6.30. The first kappa shape index (κ1) is 10.1. The Morgan fingerprint density at radius 2 is 2.00 bits per heavy atom. The quantitative estimate of drug-likeness (QED) is 0.848. The third kappa shape index (κ3) is 1.97. The Hall–Kier alpha value is -1.48. The van der Waals surface area contributed by atoms with Crippen molar-refractivity contribution in [3.8, 4) is 11.3 Å². The van der Waals surface area contributed by atoms with Crippen LogP contribution in [0.2, 0.25) is 5.02 Å². The standard InChI is InChI=1S/C11H12ClN3/c1-2-15-10(7-11(13)14-15)8-3-5-9(12)6-4-8/h3-7H,2H2,1H3,(H2,13,14). The summed E-state index contributed by atoms with van der Waals surface area (Å²) in [5.41, 5.74) is 7.76. The van der Waals surface area contributed by atoms with Crippen molar-refractivity contribution >= 4 is 17.4 Å². The zero-order valence-corrected chi connectivity index (χ0v) is 9.20. The van der Waals surface area contributed by atoms with Crippen LogP contribution < -0.4 is 5.73 Å². The fourth-order valence-corrected chi connectivity index (χ4v) is 1.66. The van der Waals surface area contributed by atoms with Crippen LogP contribution in [-0.2, 0) is 6.54 Å². The molecule has 1 heterocycles. The van der Waals surface area contributed by atoms with E-state index in [1.54, 1.807) is 0 Å². The van der Waals surface area contributed by atoms with Gasteiger partial charge in [-0.25, -0.2) is 0 Å². The number of nitrogens with two attached hydrogens (primary N) is 1. The molecule has 0 spiro atoms. The summed E-state index contributed by atoms with van der Waals surface area (Å²) in [6, 6.07) is 9.52. The van der Waals surface area contributed by atoms with Gasteiger partial charge in [-0.05, 0) is 24.6 Å². The van der Waals surface area contributed by atoms with Crippen LogP contribution in [0.4, 0.5) is 5.82 Å². The molecule has 3 nitrogen and oxygen atoms in total. The SMILES string of the molecule is CCn1nc(N)cc1-c1ccc(Cl)cc1. The minimum Gasteiger partial charge on any atom is -0.382 e. The van der Waals surface area contributed by atoms with E-state index in [4.69, 9.17) is 17.3 Å². The van der Waals surface area contributed by atoms with Crippen LogP contribution in [0.25, 0.3) is 11.3 Å². The van der Waals surface area contributed by atoms with Crippen molar-refractivity contribution in [2.24, 2.45) is 0 Å². The van der Waals surface area contributed by atoms with Gasteiger partial charge in [0.2, 0.25) is 0 Å². The number of hydrogen-bond donors (Lipinski definition) is 1. The Morgan fingerprint density at radius 3 is 2.60 bits per heavy atom. The van der Waals surface area contributed by atoms with E-state index in [2.05, 4.69) is 5.10 Å². The van der Waals surface area contributed by atoms with E-state index in [9.17, 15) is 0 Å². The molecule has 2 N–H and O–H groups in total. The molecule has 1 aromatic heterocycles. The summed E-state index contributed by atoms with van der Waals surface area (Å²) in [5.74, 6) is 0.543. The number of benzene rings is 1. The molecular formula is C11H12ClN3. The van der Waals surface area contributed by atoms with Gasteiger partial charge in [0, 0.05) is 17.6 Å². The average Bonchev–Trinajstić information content (AvgIpc) is 2.61. The van der Waals surface area contributed by atoms with E-state index in [0.717, 1.165) is 22.8 Å². The Labute approximate surface area is 93.5 Å². The summed E-state index contributed by atoms with van der Waals surface area (Å²) in [6.45, 7) is 2.83. The summed E-state index contributed by atoms with van der Waals surface area (Å²) in [6.07, 6.45) is 0. The molecule has 4 heteroatoms. The number of hydrogen-bond acceptors (Lipinski definition) is 2. The highest BCUT2D eigenvalue weighted by Gasteiger charge is 2.06. The summed E-state index contributed by atoms with van der Waals surface area (Å²) in [5, 5.41) is 4.92. The number of aromatic nitrogens is 2. The minimum atomic E-state index is 0.543. The largest absolute Gasteiger partial charge is 0.382 e. The fourth-order valence-electron chi connectivity index (χ4n) is 1.53. The number of aryl methyl sites for hydroxylation is 1. The molecular weight excluding hydrogens is 210 g/mol. The molecule has 0 aliphatic carbocycles. The van der Waals surface area contributed by atoms with Crippen molar-refractivity contribution in [2.75, 3.05) is 5.73 Å². The molecule has 0 amide bonds. The molecule has 0 aliphatic heterocycles. The van der Waals surface area contributed by atoms with Crippen LogP contribution in [0.5, 0.6) is 0 Å². The Balaban J connectivity index is 2.48. The van der Waals surface area contributed by atoms with Gasteiger partial charge in [-0.1, -0.05) is 23.7 Å². The topological polar surface area (TPSA) is 43.8 Å². The normalized spacial score (nSPS) is 10.5. The predicted molar refractivity (Wildman–Crippen MR) is 62.8 cm³/mol. The van der Waals surface area contributed by atoms with E-state index in [1.807, 2.05) is 41.9 Å². The molecule has 0 saturated heterocycles. The highest BCUT2D eigenvalue weighted by atomic mass is 35.5. The fraction of sp³-hybridized carbons (Fsp3) is 0.182. The molecule has 2 aromatic rings. The maximum absolute atomic E-state index is 5.83. The Kier molecular flexibility index (Phi) is 2.64. The second-order valence-electron chi connectivity index (χ2n) is 3.28. The number of nitrogens with zero attached hydrogens (tertiary/aromatic N) is 2. The van der Waals surface area contributed by atoms with Gasteiger partial charge in [-0.15, -0.1) is 0 Å². The van der Waals surface area contributed by atoms with Crippen LogP contribution in [0, 0.1) is 0 Å². The van der Waals surface area contributed by atoms with E-state index in [1.165, 1.54) is 0 Å². The first-order valence-electron chi connectivity index (χ1n) is 4.80. The summed E-state index contributed by atoms with van der Waals surface area (Å²) in [4.78, 5) is 0. The Morgan fingerprint density at radius 1 is 1.33 bits per heavy atom. The van der Waals surface area contributed by atoms with E-state index in [0.29, 0.717) is 5.82 Å². The van der Waals surface area contributed by atoms with Crippen LogP contribution >= 0.6 is 11.6 Å². The predicted octanol–water partition coefficient (Wildman–Crippen LogP) is 2.81. The van der Waals surface area contributed by atoms with Gasteiger partial charge in [-0.2, -0.15) is 5.10 Å². The zero-order valence-electron chi connectivity index (χ0n) is 8.44. The molecule has 0 unspecified atom stereocenters. The van der Waals surface area contributed by atoms with E-state index in [-0.39, 0.29) is 0 Å². The molecule has 0 saturated carbocycles. The van der Waals surface area contributed by atoms with Crippen molar-refractivity contribution in [3.05, 3.63) is 35.4 Å². The van der Waals surface area contributed by atoms with Gasteiger partial charge < -0.3 is 5.73 Å². The van der Waals surface area contributed by atoms with Crippen LogP contribution in [-0.4, -0.2) is 9.78 Å².